The second-order valence-electron chi connectivity index (χ2n) is 2.27. The normalized spacial score (nSPS) is 9.64. The second kappa shape index (κ2) is 4.90. The summed E-state index contributed by atoms with van der Waals surface area (Å²) in [6, 6.07) is 0. The van der Waals surface area contributed by atoms with Crippen LogP contribution < -0.4 is 4.74 Å². The molecule has 0 aromatic carbocycles. The number of carbonyl (C=O) groups excluding carboxylic acids is 1. The lowest BCUT2D eigenvalue weighted by molar-refractivity contribution is 0.0514. The molecule has 0 radical (unpaired) electrons. The SMILES string of the molecule is CCOC(=O)c1nc(Br)cnc1OC. The fraction of sp³-hybridized carbons (Fsp3) is 0.375. The highest BCUT2D eigenvalue weighted by Gasteiger charge is 2.16. The maximum atomic E-state index is 11.4. The molecular formula is C8H9BrN2O3. The summed E-state index contributed by atoms with van der Waals surface area (Å²) in [6.45, 7) is 2.01. The van der Waals surface area contributed by atoms with Gasteiger partial charge in [-0.15, -0.1) is 0 Å². The zero-order chi connectivity index (χ0) is 10.6. The van der Waals surface area contributed by atoms with E-state index in [4.69, 9.17) is 9.47 Å². The molecule has 0 aliphatic rings. The van der Waals surface area contributed by atoms with Crippen LogP contribution in [0.1, 0.15) is 17.4 Å². The third-order valence-electron chi connectivity index (χ3n) is 1.37. The minimum atomic E-state index is -0.543. The number of hydrogen-bond acceptors (Lipinski definition) is 5. The van der Waals surface area contributed by atoms with Crippen LogP contribution in [0.2, 0.25) is 0 Å². The summed E-state index contributed by atoms with van der Waals surface area (Å²) in [4.78, 5) is 19.1. The van der Waals surface area contributed by atoms with E-state index in [0.29, 0.717) is 4.60 Å². The fourth-order valence-electron chi connectivity index (χ4n) is 0.838. The Kier molecular flexibility index (Phi) is 3.82. The first-order valence-corrected chi connectivity index (χ1v) is 4.72. The van der Waals surface area contributed by atoms with Gasteiger partial charge in [0.15, 0.2) is 0 Å². The number of methoxy groups -OCH3 is 1. The van der Waals surface area contributed by atoms with Gasteiger partial charge in [0.2, 0.25) is 11.6 Å². The van der Waals surface area contributed by atoms with Gasteiger partial charge < -0.3 is 9.47 Å². The molecule has 0 aliphatic heterocycles. The zero-order valence-electron chi connectivity index (χ0n) is 7.78. The Balaban J connectivity index is 3.03. The summed E-state index contributed by atoms with van der Waals surface area (Å²) in [5, 5.41) is 0. The van der Waals surface area contributed by atoms with E-state index in [1.165, 1.54) is 13.3 Å². The Labute approximate surface area is 89.6 Å². The molecule has 0 unspecified atom stereocenters. The highest BCUT2D eigenvalue weighted by Crippen LogP contribution is 2.16. The molecule has 0 atom stereocenters. The number of hydrogen-bond donors (Lipinski definition) is 0. The molecule has 0 saturated carbocycles. The molecule has 0 amide bonds. The van der Waals surface area contributed by atoms with Crippen LogP contribution in [0, 0.1) is 0 Å². The molecule has 1 heterocycles. The standard InChI is InChI=1S/C8H9BrN2O3/c1-3-14-8(12)6-7(13-2)10-4-5(9)11-6/h4H,3H2,1-2H3. The molecule has 5 nitrogen and oxygen atoms in total. The van der Waals surface area contributed by atoms with Gasteiger partial charge in [0.1, 0.15) is 4.60 Å². The van der Waals surface area contributed by atoms with Gasteiger partial charge in [0, 0.05) is 0 Å². The van der Waals surface area contributed by atoms with Crippen molar-refractivity contribution in [2.75, 3.05) is 13.7 Å². The molecule has 1 aromatic rings. The smallest absolute Gasteiger partial charge is 0.362 e. The van der Waals surface area contributed by atoms with Crippen molar-refractivity contribution in [3.63, 3.8) is 0 Å². The lowest BCUT2D eigenvalue weighted by Gasteiger charge is -2.05. The van der Waals surface area contributed by atoms with Crippen molar-refractivity contribution in [2.24, 2.45) is 0 Å². The van der Waals surface area contributed by atoms with Gasteiger partial charge in [-0.05, 0) is 22.9 Å². The Bertz CT molecular complexity index is 343. The summed E-state index contributed by atoms with van der Waals surface area (Å²) in [5.41, 5.74) is 0.0729. The maximum absolute atomic E-state index is 11.4. The summed E-state index contributed by atoms with van der Waals surface area (Å²) in [6.07, 6.45) is 1.45. The van der Waals surface area contributed by atoms with Gasteiger partial charge in [0.05, 0.1) is 19.9 Å². The van der Waals surface area contributed by atoms with E-state index in [1.54, 1.807) is 6.92 Å². The number of carbonyl (C=O) groups is 1. The predicted octanol–water partition coefficient (Wildman–Crippen LogP) is 1.42. The van der Waals surface area contributed by atoms with Gasteiger partial charge in [-0.3, -0.25) is 0 Å². The number of ether oxygens (including phenoxy) is 2. The molecule has 14 heavy (non-hydrogen) atoms. The van der Waals surface area contributed by atoms with E-state index in [-0.39, 0.29) is 18.2 Å². The molecule has 1 rings (SSSR count). The van der Waals surface area contributed by atoms with E-state index >= 15 is 0 Å². The number of rotatable bonds is 3. The first-order valence-electron chi connectivity index (χ1n) is 3.92. The van der Waals surface area contributed by atoms with Gasteiger partial charge in [-0.25, -0.2) is 14.8 Å². The van der Waals surface area contributed by atoms with Crippen LogP contribution in [0.3, 0.4) is 0 Å². The molecule has 0 N–H and O–H groups in total. The highest BCUT2D eigenvalue weighted by atomic mass is 79.9. The highest BCUT2D eigenvalue weighted by molar-refractivity contribution is 9.10. The van der Waals surface area contributed by atoms with E-state index < -0.39 is 5.97 Å². The number of nitrogens with zero attached hydrogens (tertiary/aromatic N) is 2. The lowest BCUT2D eigenvalue weighted by atomic mass is 10.4. The van der Waals surface area contributed by atoms with Crippen molar-refractivity contribution in [2.45, 2.75) is 6.92 Å². The van der Waals surface area contributed by atoms with Gasteiger partial charge in [-0.2, -0.15) is 0 Å². The van der Waals surface area contributed by atoms with Crippen LogP contribution in [0.4, 0.5) is 0 Å². The number of esters is 1. The summed E-state index contributed by atoms with van der Waals surface area (Å²) in [5.74, 6) is -0.384. The lowest BCUT2D eigenvalue weighted by Crippen LogP contribution is -2.10. The summed E-state index contributed by atoms with van der Waals surface area (Å²) >= 11 is 3.11. The minimum Gasteiger partial charge on any atom is -0.479 e. The van der Waals surface area contributed by atoms with Gasteiger partial charge >= 0.3 is 5.97 Å². The molecule has 0 bridgehead atoms. The summed E-state index contributed by atoms with van der Waals surface area (Å²) < 4.78 is 10.1. The quantitative estimate of drug-likeness (QED) is 0.770. The van der Waals surface area contributed by atoms with Crippen LogP contribution in [-0.2, 0) is 4.74 Å². The molecule has 0 fully saturated rings. The fourth-order valence-corrected chi connectivity index (χ4v) is 1.12. The van der Waals surface area contributed by atoms with Crippen LogP contribution in [-0.4, -0.2) is 29.7 Å². The Hall–Kier alpha value is -1.17. The van der Waals surface area contributed by atoms with Crippen molar-refractivity contribution in [3.8, 4) is 5.88 Å². The Morgan fingerprint density at radius 1 is 1.64 bits per heavy atom. The monoisotopic (exact) mass is 260 g/mol. The van der Waals surface area contributed by atoms with Crippen LogP contribution in [0.5, 0.6) is 5.88 Å². The topological polar surface area (TPSA) is 61.3 Å². The summed E-state index contributed by atoms with van der Waals surface area (Å²) in [7, 11) is 1.42. The first kappa shape index (κ1) is 10.9. The maximum Gasteiger partial charge on any atom is 0.362 e. The number of aromatic nitrogens is 2. The Morgan fingerprint density at radius 2 is 2.36 bits per heavy atom. The van der Waals surface area contributed by atoms with Crippen molar-refractivity contribution < 1.29 is 14.3 Å². The third-order valence-corrected chi connectivity index (χ3v) is 1.75. The van der Waals surface area contributed by atoms with Crippen molar-refractivity contribution in [1.29, 1.82) is 0 Å². The average Bonchev–Trinajstić information content (AvgIpc) is 2.18. The Morgan fingerprint density at radius 3 is 2.93 bits per heavy atom. The predicted molar refractivity (Wildman–Crippen MR) is 52.2 cm³/mol. The van der Waals surface area contributed by atoms with E-state index in [1.807, 2.05) is 0 Å². The molecule has 1 aromatic heterocycles. The molecule has 6 heteroatoms. The minimum absolute atomic E-state index is 0.0729. The van der Waals surface area contributed by atoms with Crippen LogP contribution in [0.15, 0.2) is 10.8 Å². The van der Waals surface area contributed by atoms with E-state index in [9.17, 15) is 4.79 Å². The van der Waals surface area contributed by atoms with Gasteiger partial charge in [-0.1, -0.05) is 0 Å². The van der Waals surface area contributed by atoms with Gasteiger partial charge in [0.25, 0.3) is 0 Å². The number of halogens is 1. The average molecular weight is 261 g/mol. The van der Waals surface area contributed by atoms with Crippen molar-refractivity contribution in [1.82, 2.24) is 9.97 Å². The van der Waals surface area contributed by atoms with Crippen LogP contribution in [0.25, 0.3) is 0 Å². The van der Waals surface area contributed by atoms with Crippen molar-refractivity contribution >= 4 is 21.9 Å². The zero-order valence-corrected chi connectivity index (χ0v) is 9.37. The molecule has 0 spiro atoms. The third kappa shape index (κ3) is 2.41. The van der Waals surface area contributed by atoms with Crippen LogP contribution >= 0.6 is 15.9 Å². The first-order chi connectivity index (χ1) is 6.69. The van der Waals surface area contributed by atoms with E-state index in [0.717, 1.165) is 0 Å². The molecular weight excluding hydrogens is 252 g/mol. The molecule has 76 valence electrons. The van der Waals surface area contributed by atoms with E-state index in [2.05, 4.69) is 25.9 Å². The largest absolute Gasteiger partial charge is 0.479 e. The molecule has 0 saturated heterocycles. The van der Waals surface area contributed by atoms with Crippen molar-refractivity contribution in [3.05, 3.63) is 16.5 Å². The second-order valence-corrected chi connectivity index (χ2v) is 3.08. The molecule has 0 aliphatic carbocycles.